The molecule has 1 amide bonds. The van der Waals surface area contributed by atoms with E-state index in [1.807, 2.05) is 18.2 Å². The number of carbonyl (C=O) groups excluding carboxylic acids is 1. The molecule has 0 aliphatic rings. The Labute approximate surface area is 164 Å². The molecule has 0 fully saturated rings. The highest BCUT2D eigenvalue weighted by Crippen LogP contribution is 2.15. The SMILES string of the molecule is Cc1nc(-c2nn[nH]n2)ccc1C(=O)NCc1ccccc1CN(C)C(C)C. The molecular weight excluding hydrogens is 354 g/mol. The first-order chi connectivity index (χ1) is 13.5. The van der Waals surface area contributed by atoms with E-state index < -0.39 is 0 Å². The molecule has 2 N–H and O–H groups in total. The number of hydrogen-bond donors (Lipinski definition) is 2. The first kappa shape index (κ1) is 19.6. The van der Waals surface area contributed by atoms with Gasteiger partial charge in [0.1, 0.15) is 5.69 Å². The van der Waals surface area contributed by atoms with Crippen LogP contribution in [0.5, 0.6) is 0 Å². The number of aryl methyl sites for hydroxylation is 1. The molecule has 1 aromatic carbocycles. The summed E-state index contributed by atoms with van der Waals surface area (Å²) in [5, 5.41) is 16.7. The molecule has 0 atom stereocenters. The van der Waals surface area contributed by atoms with Crippen molar-refractivity contribution in [1.29, 1.82) is 0 Å². The maximum Gasteiger partial charge on any atom is 0.253 e. The van der Waals surface area contributed by atoms with Crippen LogP contribution in [0.1, 0.15) is 41.0 Å². The van der Waals surface area contributed by atoms with E-state index in [1.54, 1.807) is 19.1 Å². The van der Waals surface area contributed by atoms with Crippen LogP contribution < -0.4 is 5.32 Å². The number of H-pyrrole nitrogens is 1. The van der Waals surface area contributed by atoms with E-state index in [9.17, 15) is 4.79 Å². The van der Waals surface area contributed by atoms with Crippen LogP contribution in [0, 0.1) is 6.92 Å². The Morgan fingerprint density at radius 1 is 1.18 bits per heavy atom. The Bertz CT molecular complexity index is 937. The molecule has 0 bridgehead atoms. The zero-order chi connectivity index (χ0) is 20.1. The fraction of sp³-hybridized carbons (Fsp3) is 0.350. The number of hydrogen-bond acceptors (Lipinski definition) is 6. The van der Waals surface area contributed by atoms with E-state index in [1.165, 1.54) is 5.56 Å². The van der Waals surface area contributed by atoms with Gasteiger partial charge in [0.2, 0.25) is 5.82 Å². The molecule has 28 heavy (non-hydrogen) atoms. The van der Waals surface area contributed by atoms with Gasteiger partial charge in [-0.3, -0.25) is 9.69 Å². The molecule has 0 aliphatic carbocycles. The maximum atomic E-state index is 12.7. The standard InChI is InChI=1S/C20H25N7O/c1-13(2)27(4)12-16-8-6-5-7-15(16)11-21-20(28)17-9-10-18(22-14(17)3)19-23-25-26-24-19/h5-10,13H,11-12H2,1-4H3,(H,21,28)(H,23,24,25,26). The molecule has 0 saturated heterocycles. The van der Waals surface area contributed by atoms with Crippen molar-refractivity contribution in [2.45, 2.75) is 39.9 Å². The lowest BCUT2D eigenvalue weighted by Gasteiger charge is -2.22. The Morgan fingerprint density at radius 3 is 2.57 bits per heavy atom. The van der Waals surface area contributed by atoms with E-state index in [0.717, 1.165) is 12.1 Å². The van der Waals surface area contributed by atoms with Crippen LogP contribution in [-0.2, 0) is 13.1 Å². The molecule has 0 unspecified atom stereocenters. The predicted octanol–water partition coefficient (Wildman–Crippen LogP) is 2.34. The number of carbonyl (C=O) groups is 1. The summed E-state index contributed by atoms with van der Waals surface area (Å²) in [7, 11) is 2.10. The first-order valence-corrected chi connectivity index (χ1v) is 9.22. The summed E-state index contributed by atoms with van der Waals surface area (Å²) in [6, 6.07) is 12.1. The molecule has 0 spiro atoms. The monoisotopic (exact) mass is 379 g/mol. The predicted molar refractivity (Wildman–Crippen MR) is 106 cm³/mol. The number of tetrazole rings is 1. The highest BCUT2D eigenvalue weighted by Gasteiger charge is 2.14. The number of rotatable bonds is 7. The Morgan fingerprint density at radius 2 is 1.93 bits per heavy atom. The van der Waals surface area contributed by atoms with Crippen LogP contribution in [-0.4, -0.2) is 49.5 Å². The molecule has 0 radical (unpaired) electrons. The van der Waals surface area contributed by atoms with Crippen molar-refractivity contribution in [1.82, 2.24) is 35.8 Å². The van der Waals surface area contributed by atoms with Gasteiger partial charge in [0.05, 0.1) is 11.3 Å². The van der Waals surface area contributed by atoms with Gasteiger partial charge in [0.25, 0.3) is 5.91 Å². The minimum Gasteiger partial charge on any atom is -0.348 e. The van der Waals surface area contributed by atoms with Gasteiger partial charge in [-0.2, -0.15) is 5.21 Å². The summed E-state index contributed by atoms with van der Waals surface area (Å²) in [4.78, 5) is 19.4. The van der Waals surface area contributed by atoms with Crippen molar-refractivity contribution in [3.8, 4) is 11.5 Å². The quantitative estimate of drug-likeness (QED) is 0.654. The summed E-state index contributed by atoms with van der Waals surface area (Å²) in [5.74, 6) is 0.245. The number of nitrogens with zero attached hydrogens (tertiary/aromatic N) is 5. The van der Waals surface area contributed by atoms with E-state index in [2.05, 4.69) is 62.8 Å². The molecule has 2 aromatic heterocycles. The molecule has 3 aromatic rings. The largest absolute Gasteiger partial charge is 0.348 e. The Balaban J connectivity index is 1.69. The van der Waals surface area contributed by atoms with Crippen LogP contribution in [0.2, 0.25) is 0 Å². The van der Waals surface area contributed by atoms with Gasteiger partial charge in [-0.25, -0.2) is 4.98 Å². The van der Waals surface area contributed by atoms with Crippen LogP contribution in [0.25, 0.3) is 11.5 Å². The Kier molecular flexibility index (Phi) is 6.10. The van der Waals surface area contributed by atoms with Crippen molar-refractivity contribution in [3.05, 3.63) is 58.8 Å². The zero-order valence-corrected chi connectivity index (χ0v) is 16.6. The lowest BCUT2D eigenvalue weighted by atomic mass is 10.1. The fourth-order valence-electron chi connectivity index (χ4n) is 2.80. The van der Waals surface area contributed by atoms with Crippen LogP contribution in [0.4, 0.5) is 0 Å². The van der Waals surface area contributed by atoms with E-state index in [4.69, 9.17) is 0 Å². The second-order valence-electron chi connectivity index (χ2n) is 7.03. The van der Waals surface area contributed by atoms with Gasteiger partial charge in [-0.15, -0.1) is 10.2 Å². The third kappa shape index (κ3) is 4.58. The van der Waals surface area contributed by atoms with Gasteiger partial charge in [-0.05, 0) is 56.3 Å². The van der Waals surface area contributed by atoms with Crippen LogP contribution in [0.15, 0.2) is 36.4 Å². The lowest BCUT2D eigenvalue weighted by molar-refractivity contribution is 0.0949. The topological polar surface area (TPSA) is 99.7 Å². The van der Waals surface area contributed by atoms with Crippen LogP contribution in [0.3, 0.4) is 0 Å². The van der Waals surface area contributed by atoms with Gasteiger partial charge < -0.3 is 5.32 Å². The second kappa shape index (κ2) is 8.71. The molecule has 146 valence electrons. The lowest BCUT2D eigenvalue weighted by Crippen LogP contribution is -2.28. The highest BCUT2D eigenvalue weighted by molar-refractivity contribution is 5.95. The number of aromatic amines is 1. The zero-order valence-electron chi connectivity index (χ0n) is 16.6. The first-order valence-electron chi connectivity index (χ1n) is 9.22. The third-order valence-corrected chi connectivity index (χ3v) is 4.76. The number of pyridine rings is 1. The molecular formula is C20H25N7O. The summed E-state index contributed by atoms with van der Waals surface area (Å²) in [6.07, 6.45) is 0. The van der Waals surface area contributed by atoms with Gasteiger partial charge in [0, 0.05) is 19.1 Å². The molecule has 8 nitrogen and oxygen atoms in total. The van der Waals surface area contributed by atoms with E-state index in [-0.39, 0.29) is 5.91 Å². The molecule has 8 heteroatoms. The second-order valence-corrected chi connectivity index (χ2v) is 7.03. The molecule has 2 heterocycles. The fourth-order valence-corrected chi connectivity index (χ4v) is 2.80. The van der Waals surface area contributed by atoms with Crippen molar-refractivity contribution < 1.29 is 4.79 Å². The normalized spacial score (nSPS) is 11.2. The highest BCUT2D eigenvalue weighted by atomic mass is 16.1. The number of amides is 1. The van der Waals surface area contributed by atoms with Crippen LogP contribution >= 0.6 is 0 Å². The maximum absolute atomic E-state index is 12.7. The number of benzene rings is 1. The summed E-state index contributed by atoms with van der Waals surface area (Å²) in [6.45, 7) is 7.43. The average molecular weight is 379 g/mol. The number of nitrogens with one attached hydrogen (secondary N) is 2. The molecule has 0 saturated carbocycles. The van der Waals surface area contributed by atoms with E-state index >= 15 is 0 Å². The minimum absolute atomic E-state index is 0.156. The summed E-state index contributed by atoms with van der Waals surface area (Å²) >= 11 is 0. The van der Waals surface area contributed by atoms with Crippen molar-refractivity contribution in [3.63, 3.8) is 0 Å². The van der Waals surface area contributed by atoms with Gasteiger partial charge in [-0.1, -0.05) is 24.3 Å². The third-order valence-electron chi connectivity index (χ3n) is 4.76. The average Bonchev–Trinajstić information content (AvgIpc) is 3.21. The van der Waals surface area contributed by atoms with Crippen molar-refractivity contribution >= 4 is 5.91 Å². The van der Waals surface area contributed by atoms with Gasteiger partial charge in [0.15, 0.2) is 0 Å². The Hall–Kier alpha value is -3.13. The smallest absolute Gasteiger partial charge is 0.253 e. The van der Waals surface area contributed by atoms with Crippen molar-refractivity contribution in [2.75, 3.05) is 7.05 Å². The minimum atomic E-state index is -0.156. The van der Waals surface area contributed by atoms with Crippen molar-refractivity contribution in [2.24, 2.45) is 0 Å². The number of aromatic nitrogens is 5. The van der Waals surface area contributed by atoms with Gasteiger partial charge >= 0.3 is 0 Å². The summed E-state index contributed by atoms with van der Waals surface area (Å²) in [5.41, 5.74) is 4.04. The van der Waals surface area contributed by atoms with E-state index in [0.29, 0.717) is 35.4 Å². The molecule has 3 rings (SSSR count). The molecule has 0 aliphatic heterocycles. The summed E-state index contributed by atoms with van der Waals surface area (Å²) < 4.78 is 0.